The molecule has 1 fully saturated rings. The topological polar surface area (TPSA) is 50.7 Å². The first-order chi connectivity index (χ1) is 8.29. The summed E-state index contributed by atoms with van der Waals surface area (Å²) in [5.74, 6) is 0.573. The molecule has 0 radical (unpaired) electrons. The fourth-order valence-electron chi connectivity index (χ4n) is 2.15. The summed E-state index contributed by atoms with van der Waals surface area (Å²) in [6.45, 7) is 7.81. The van der Waals surface area contributed by atoms with Gasteiger partial charge >= 0.3 is 0 Å². The molecule has 102 valence electrons. The highest BCUT2D eigenvalue weighted by atomic mass is 16.5. The van der Waals surface area contributed by atoms with Crippen molar-refractivity contribution in [1.29, 1.82) is 0 Å². The Labute approximate surface area is 105 Å². The lowest BCUT2D eigenvalue weighted by atomic mass is 9.95. The molecule has 1 aliphatic rings. The maximum Gasteiger partial charge on any atom is 0.0701 e. The number of hydrogen-bond donors (Lipinski definition) is 2. The number of likely N-dealkylation sites (N-methyl/N-ethyl adjacent to an activating group) is 1. The fraction of sp³-hybridized carbons (Fsp3) is 1.00. The van der Waals surface area contributed by atoms with Gasteiger partial charge in [0, 0.05) is 6.61 Å². The summed E-state index contributed by atoms with van der Waals surface area (Å²) in [5.41, 5.74) is -0.223. The molecule has 0 amide bonds. The Hall–Kier alpha value is -0.160. The lowest BCUT2D eigenvalue weighted by molar-refractivity contribution is -0.00368. The quantitative estimate of drug-likeness (QED) is 0.537. The van der Waals surface area contributed by atoms with E-state index in [9.17, 15) is 5.11 Å². The van der Waals surface area contributed by atoms with Crippen molar-refractivity contribution >= 4 is 0 Å². The minimum atomic E-state index is -0.223. The first-order valence-electron chi connectivity index (χ1n) is 6.80. The standard InChI is InChI=1S/C13H27NO3/c1-3-7-16-8-9-17-11-13(10-15,14-4-2)12-5-6-12/h12,14-15H,3-11H2,1-2H3. The van der Waals surface area contributed by atoms with Crippen molar-refractivity contribution in [2.45, 2.75) is 38.6 Å². The van der Waals surface area contributed by atoms with Crippen molar-refractivity contribution in [3.63, 3.8) is 0 Å². The summed E-state index contributed by atoms with van der Waals surface area (Å²) in [6.07, 6.45) is 3.44. The van der Waals surface area contributed by atoms with Crippen LogP contribution in [0.2, 0.25) is 0 Å². The summed E-state index contributed by atoms with van der Waals surface area (Å²) >= 11 is 0. The van der Waals surface area contributed by atoms with Crippen LogP contribution in [0.25, 0.3) is 0 Å². The summed E-state index contributed by atoms with van der Waals surface area (Å²) in [7, 11) is 0. The van der Waals surface area contributed by atoms with E-state index >= 15 is 0 Å². The van der Waals surface area contributed by atoms with Gasteiger partial charge in [-0.3, -0.25) is 0 Å². The molecule has 1 aliphatic carbocycles. The van der Waals surface area contributed by atoms with Crippen LogP contribution in [0.4, 0.5) is 0 Å². The summed E-state index contributed by atoms with van der Waals surface area (Å²) in [4.78, 5) is 0. The van der Waals surface area contributed by atoms with E-state index in [4.69, 9.17) is 9.47 Å². The zero-order chi connectivity index (χ0) is 12.6. The lowest BCUT2D eigenvalue weighted by Crippen LogP contribution is -2.54. The average molecular weight is 245 g/mol. The van der Waals surface area contributed by atoms with Crippen molar-refractivity contribution in [2.24, 2.45) is 5.92 Å². The van der Waals surface area contributed by atoms with E-state index in [0.717, 1.165) is 19.6 Å². The molecule has 0 aromatic heterocycles. The second-order valence-corrected chi connectivity index (χ2v) is 4.78. The Bertz CT molecular complexity index is 197. The van der Waals surface area contributed by atoms with Gasteiger partial charge in [0.05, 0.1) is 32.0 Å². The van der Waals surface area contributed by atoms with Gasteiger partial charge in [0.2, 0.25) is 0 Å². The third-order valence-corrected chi connectivity index (χ3v) is 3.25. The van der Waals surface area contributed by atoms with Crippen LogP contribution in [-0.4, -0.2) is 50.2 Å². The highest BCUT2D eigenvalue weighted by Crippen LogP contribution is 2.39. The molecule has 0 aromatic rings. The molecule has 2 N–H and O–H groups in total. The molecule has 17 heavy (non-hydrogen) atoms. The normalized spacial score (nSPS) is 19.2. The van der Waals surface area contributed by atoms with E-state index in [1.807, 2.05) is 0 Å². The van der Waals surface area contributed by atoms with E-state index in [1.54, 1.807) is 0 Å². The predicted molar refractivity (Wildman–Crippen MR) is 68.1 cm³/mol. The fourth-order valence-corrected chi connectivity index (χ4v) is 2.15. The minimum absolute atomic E-state index is 0.154. The predicted octanol–water partition coefficient (Wildman–Crippen LogP) is 1.18. The largest absolute Gasteiger partial charge is 0.394 e. The Morgan fingerprint density at radius 2 is 1.88 bits per heavy atom. The third kappa shape index (κ3) is 4.92. The van der Waals surface area contributed by atoms with Gasteiger partial charge in [0.25, 0.3) is 0 Å². The summed E-state index contributed by atoms with van der Waals surface area (Å²) in [6, 6.07) is 0. The highest BCUT2D eigenvalue weighted by molar-refractivity contribution is 5.00. The van der Waals surface area contributed by atoms with Gasteiger partial charge in [0.15, 0.2) is 0 Å². The highest BCUT2D eigenvalue weighted by Gasteiger charge is 2.44. The van der Waals surface area contributed by atoms with Crippen LogP contribution in [0.5, 0.6) is 0 Å². The number of ether oxygens (including phenoxy) is 2. The van der Waals surface area contributed by atoms with Crippen LogP contribution in [0.1, 0.15) is 33.1 Å². The molecule has 0 aliphatic heterocycles. The zero-order valence-electron chi connectivity index (χ0n) is 11.2. The molecule has 1 rings (SSSR count). The van der Waals surface area contributed by atoms with E-state index in [-0.39, 0.29) is 12.1 Å². The van der Waals surface area contributed by atoms with Gasteiger partial charge in [0.1, 0.15) is 0 Å². The van der Waals surface area contributed by atoms with Gasteiger partial charge in [-0.05, 0) is 31.7 Å². The molecule has 4 nitrogen and oxygen atoms in total. The maximum atomic E-state index is 9.59. The molecule has 4 heteroatoms. The molecule has 1 saturated carbocycles. The number of aliphatic hydroxyl groups is 1. The van der Waals surface area contributed by atoms with Crippen molar-refractivity contribution in [3.05, 3.63) is 0 Å². The molecule has 1 unspecified atom stereocenters. The molecule has 1 atom stereocenters. The monoisotopic (exact) mass is 245 g/mol. The third-order valence-electron chi connectivity index (χ3n) is 3.25. The van der Waals surface area contributed by atoms with Crippen molar-refractivity contribution in [1.82, 2.24) is 5.32 Å². The Kier molecular flexibility index (Phi) is 7.04. The van der Waals surface area contributed by atoms with Crippen LogP contribution in [-0.2, 0) is 9.47 Å². The van der Waals surface area contributed by atoms with Crippen molar-refractivity contribution < 1.29 is 14.6 Å². The maximum absolute atomic E-state index is 9.59. The summed E-state index contributed by atoms with van der Waals surface area (Å²) < 4.78 is 11.0. The van der Waals surface area contributed by atoms with Gasteiger partial charge in [-0.15, -0.1) is 0 Å². The Morgan fingerprint density at radius 1 is 1.18 bits per heavy atom. The molecular formula is C13H27NO3. The first kappa shape index (κ1) is 14.9. The minimum Gasteiger partial charge on any atom is -0.394 e. The zero-order valence-corrected chi connectivity index (χ0v) is 11.2. The van der Waals surface area contributed by atoms with Crippen molar-refractivity contribution in [3.8, 4) is 0 Å². The Morgan fingerprint density at radius 3 is 2.41 bits per heavy atom. The second-order valence-electron chi connectivity index (χ2n) is 4.78. The molecule has 0 saturated heterocycles. The smallest absolute Gasteiger partial charge is 0.0701 e. The van der Waals surface area contributed by atoms with Gasteiger partial charge in [-0.2, -0.15) is 0 Å². The number of rotatable bonds is 11. The van der Waals surface area contributed by atoms with Crippen LogP contribution < -0.4 is 5.32 Å². The van der Waals surface area contributed by atoms with Crippen LogP contribution in [0.15, 0.2) is 0 Å². The molecule has 0 spiro atoms. The van der Waals surface area contributed by atoms with Crippen LogP contribution in [0.3, 0.4) is 0 Å². The number of aliphatic hydroxyl groups excluding tert-OH is 1. The SMILES string of the molecule is CCCOCCOCC(CO)(NCC)C1CC1. The van der Waals surface area contributed by atoms with Gasteiger partial charge in [-0.25, -0.2) is 0 Å². The van der Waals surface area contributed by atoms with E-state index in [1.165, 1.54) is 12.8 Å². The molecular weight excluding hydrogens is 218 g/mol. The van der Waals surface area contributed by atoms with E-state index in [0.29, 0.717) is 25.7 Å². The van der Waals surface area contributed by atoms with E-state index < -0.39 is 0 Å². The van der Waals surface area contributed by atoms with Crippen LogP contribution in [0, 0.1) is 5.92 Å². The average Bonchev–Trinajstić information content (AvgIpc) is 3.16. The van der Waals surface area contributed by atoms with Gasteiger partial charge in [-0.1, -0.05) is 13.8 Å². The Balaban J connectivity index is 2.19. The molecule has 0 heterocycles. The van der Waals surface area contributed by atoms with Crippen LogP contribution >= 0.6 is 0 Å². The van der Waals surface area contributed by atoms with Crippen molar-refractivity contribution in [2.75, 3.05) is 39.6 Å². The number of hydrogen-bond acceptors (Lipinski definition) is 4. The summed E-state index contributed by atoms with van der Waals surface area (Å²) in [5, 5.41) is 13.0. The second kappa shape index (κ2) is 8.03. The van der Waals surface area contributed by atoms with Gasteiger partial charge < -0.3 is 19.9 Å². The first-order valence-corrected chi connectivity index (χ1v) is 6.80. The lowest BCUT2D eigenvalue weighted by Gasteiger charge is -2.32. The molecule has 0 aromatic carbocycles. The number of nitrogens with one attached hydrogen (secondary N) is 1. The van der Waals surface area contributed by atoms with E-state index in [2.05, 4.69) is 19.2 Å². The molecule has 0 bridgehead atoms.